The Labute approximate surface area is 115 Å². The van der Waals surface area contributed by atoms with Crippen LogP contribution in [0, 0.1) is 6.92 Å². The highest BCUT2D eigenvalue weighted by atomic mass is 32.1. The van der Waals surface area contributed by atoms with E-state index in [-0.39, 0.29) is 11.8 Å². The van der Waals surface area contributed by atoms with E-state index < -0.39 is 0 Å². The lowest BCUT2D eigenvalue weighted by molar-refractivity contribution is -0.114. The standard InChI is InChI=1S/C14H14N2O2S/c1-9-6-7-19-13(9)14(18)16-12-5-3-4-11(8-12)15-10(2)17/h3-8H,1-2H3,(H,15,17)(H,16,18). The van der Waals surface area contributed by atoms with Crippen LogP contribution in [0.15, 0.2) is 35.7 Å². The quantitative estimate of drug-likeness (QED) is 0.902. The molecular weight excluding hydrogens is 260 g/mol. The summed E-state index contributed by atoms with van der Waals surface area (Å²) in [6.45, 7) is 3.35. The number of carbonyl (C=O) groups is 2. The summed E-state index contributed by atoms with van der Waals surface area (Å²) in [5, 5.41) is 7.38. The van der Waals surface area contributed by atoms with Crippen LogP contribution in [0.2, 0.25) is 0 Å². The molecule has 4 nitrogen and oxygen atoms in total. The van der Waals surface area contributed by atoms with E-state index in [9.17, 15) is 9.59 Å². The van der Waals surface area contributed by atoms with E-state index >= 15 is 0 Å². The van der Waals surface area contributed by atoms with E-state index in [1.54, 1.807) is 24.3 Å². The number of anilines is 2. The fraction of sp³-hybridized carbons (Fsp3) is 0.143. The van der Waals surface area contributed by atoms with Crippen LogP contribution in [-0.4, -0.2) is 11.8 Å². The van der Waals surface area contributed by atoms with E-state index in [1.807, 2.05) is 18.4 Å². The number of hydrogen-bond acceptors (Lipinski definition) is 3. The molecule has 0 unspecified atom stereocenters. The molecule has 1 aromatic heterocycles. The van der Waals surface area contributed by atoms with E-state index in [4.69, 9.17) is 0 Å². The Hall–Kier alpha value is -2.14. The Balaban J connectivity index is 2.13. The van der Waals surface area contributed by atoms with Gasteiger partial charge < -0.3 is 10.6 Å². The molecule has 2 aromatic rings. The van der Waals surface area contributed by atoms with E-state index in [1.165, 1.54) is 18.3 Å². The molecule has 0 spiro atoms. The van der Waals surface area contributed by atoms with Crippen molar-refractivity contribution in [3.63, 3.8) is 0 Å². The maximum atomic E-state index is 12.0. The van der Waals surface area contributed by atoms with Gasteiger partial charge >= 0.3 is 0 Å². The van der Waals surface area contributed by atoms with Crippen molar-refractivity contribution in [1.82, 2.24) is 0 Å². The molecular formula is C14H14N2O2S. The number of thiophene rings is 1. The van der Waals surface area contributed by atoms with Crippen molar-refractivity contribution in [3.05, 3.63) is 46.2 Å². The molecule has 0 bridgehead atoms. The van der Waals surface area contributed by atoms with Gasteiger partial charge in [-0.3, -0.25) is 9.59 Å². The molecule has 0 saturated heterocycles. The maximum absolute atomic E-state index is 12.0. The molecule has 0 saturated carbocycles. The highest BCUT2D eigenvalue weighted by Gasteiger charge is 2.10. The molecule has 2 rings (SSSR count). The summed E-state index contributed by atoms with van der Waals surface area (Å²) in [5.41, 5.74) is 2.28. The molecule has 0 aliphatic heterocycles. The van der Waals surface area contributed by atoms with Crippen molar-refractivity contribution in [2.45, 2.75) is 13.8 Å². The van der Waals surface area contributed by atoms with Gasteiger partial charge in [-0.05, 0) is 42.1 Å². The number of rotatable bonds is 3. The van der Waals surface area contributed by atoms with Gasteiger partial charge in [-0.25, -0.2) is 0 Å². The lowest BCUT2D eigenvalue weighted by Gasteiger charge is -2.07. The number of carbonyl (C=O) groups excluding carboxylic acids is 2. The topological polar surface area (TPSA) is 58.2 Å². The first-order chi connectivity index (χ1) is 9.06. The molecule has 2 N–H and O–H groups in total. The zero-order valence-corrected chi connectivity index (χ0v) is 11.5. The van der Waals surface area contributed by atoms with E-state index in [0.717, 1.165) is 5.56 Å². The predicted octanol–water partition coefficient (Wildman–Crippen LogP) is 3.27. The normalized spacial score (nSPS) is 10.0. The van der Waals surface area contributed by atoms with Gasteiger partial charge in [0.2, 0.25) is 5.91 Å². The third-order valence-corrected chi connectivity index (χ3v) is 3.52. The summed E-state index contributed by atoms with van der Waals surface area (Å²) in [6.07, 6.45) is 0. The van der Waals surface area contributed by atoms with Gasteiger partial charge in [0.1, 0.15) is 0 Å². The minimum absolute atomic E-state index is 0.132. The average Bonchev–Trinajstić information content (AvgIpc) is 2.75. The van der Waals surface area contributed by atoms with Crippen LogP contribution in [0.25, 0.3) is 0 Å². The van der Waals surface area contributed by atoms with Gasteiger partial charge in [-0.15, -0.1) is 11.3 Å². The van der Waals surface area contributed by atoms with Crippen LogP contribution in [0.4, 0.5) is 11.4 Å². The Morgan fingerprint density at radius 1 is 1.11 bits per heavy atom. The Morgan fingerprint density at radius 2 is 1.79 bits per heavy atom. The lowest BCUT2D eigenvalue weighted by atomic mass is 10.2. The first-order valence-corrected chi connectivity index (χ1v) is 6.67. The summed E-state index contributed by atoms with van der Waals surface area (Å²) < 4.78 is 0. The largest absolute Gasteiger partial charge is 0.326 e. The summed E-state index contributed by atoms with van der Waals surface area (Å²) >= 11 is 1.41. The van der Waals surface area contributed by atoms with Crippen molar-refractivity contribution in [2.75, 3.05) is 10.6 Å². The third kappa shape index (κ3) is 3.42. The van der Waals surface area contributed by atoms with Gasteiger partial charge in [0.15, 0.2) is 0 Å². The molecule has 98 valence electrons. The molecule has 0 atom stereocenters. The summed E-state index contributed by atoms with van der Waals surface area (Å²) in [6, 6.07) is 8.97. The number of benzene rings is 1. The Bertz CT molecular complexity index is 619. The second-order valence-electron chi connectivity index (χ2n) is 4.15. The zero-order valence-electron chi connectivity index (χ0n) is 10.7. The van der Waals surface area contributed by atoms with Gasteiger partial charge in [-0.1, -0.05) is 6.07 Å². The summed E-state index contributed by atoms with van der Waals surface area (Å²) in [5.74, 6) is -0.273. The van der Waals surface area contributed by atoms with Crippen LogP contribution in [0.1, 0.15) is 22.2 Å². The van der Waals surface area contributed by atoms with Crippen molar-refractivity contribution in [2.24, 2.45) is 0 Å². The fourth-order valence-electron chi connectivity index (χ4n) is 1.67. The van der Waals surface area contributed by atoms with Crippen molar-refractivity contribution in [1.29, 1.82) is 0 Å². The monoisotopic (exact) mass is 274 g/mol. The average molecular weight is 274 g/mol. The summed E-state index contributed by atoms with van der Waals surface area (Å²) in [4.78, 5) is 23.7. The van der Waals surface area contributed by atoms with Crippen molar-refractivity contribution >= 4 is 34.5 Å². The lowest BCUT2D eigenvalue weighted by Crippen LogP contribution is -2.12. The Morgan fingerprint density at radius 3 is 2.37 bits per heavy atom. The molecule has 0 fully saturated rings. The molecule has 5 heteroatoms. The number of aryl methyl sites for hydroxylation is 1. The maximum Gasteiger partial charge on any atom is 0.265 e. The molecule has 2 amide bonds. The molecule has 1 heterocycles. The molecule has 0 aliphatic carbocycles. The van der Waals surface area contributed by atoms with Crippen LogP contribution in [-0.2, 0) is 4.79 Å². The zero-order chi connectivity index (χ0) is 13.8. The van der Waals surface area contributed by atoms with Gasteiger partial charge in [0.25, 0.3) is 5.91 Å². The predicted molar refractivity (Wildman–Crippen MR) is 77.8 cm³/mol. The van der Waals surface area contributed by atoms with Crippen molar-refractivity contribution in [3.8, 4) is 0 Å². The van der Waals surface area contributed by atoms with Gasteiger partial charge in [-0.2, -0.15) is 0 Å². The highest BCUT2D eigenvalue weighted by molar-refractivity contribution is 7.12. The molecule has 0 radical (unpaired) electrons. The fourth-order valence-corrected chi connectivity index (χ4v) is 2.49. The van der Waals surface area contributed by atoms with Gasteiger partial charge in [0.05, 0.1) is 4.88 Å². The van der Waals surface area contributed by atoms with Crippen LogP contribution in [0.3, 0.4) is 0 Å². The van der Waals surface area contributed by atoms with Gasteiger partial charge in [0, 0.05) is 18.3 Å². The minimum Gasteiger partial charge on any atom is -0.326 e. The van der Waals surface area contributed by atoms with Crippen LogP contribution in [0.5, 0.6) is 0 Å². The van der Waals surface area contributed by atoms with Crippen molar-refractivity contribution < 1.29 is 9.59 Å². The molecule has 0 aliphatic rings. The highest BCUT2D eigenvalue weighted by Crippen LogP contribution is 2.19. The number of amides is 2. The first-order valence-electron chi connectivity index (χ1n) is 5.79. The second-order valence-corrected chi connectivity index (χ2v) is 5.06. The third-order valence-electron chi connectivity index (χ3n) is 2.51. The Kier molecular flexibility index (Phi) is 3.97. The van der Waals surface area contributed by atoms with Crippen LogP contribution >= 0.6 is 11.3 Å². The van der Waals surface area contributed by atoms with E-state index in [0.29, 0.717) is 16.3 Å². The minimum atomic E-state index is -0.141. The number of hydrogen-bond donors (Lipinski definition) is 2. The number of nitrogens with one attached hydrogen (secondary N) is 2. The SMILES string of the molecule is CC(=O)Nc1cccc(NC(=O)c2sccc2C)c1. The van der Waals surface area contributed by atoms with Crippen LogP contribution < -0.4 is 10.6 Å². The second kappa shape index (κ2) is 5.67. The van der Waals surface area contributed by atoms with E-state index in [2.05, 4.69) is 10.6 Å². The summed E-state index contributed by atoms with van der Waals surface area (Å²) in [7, 11) is 0. The smallest absolute Gasteiger partial charge is 0.265 e. The molecule has 1 aromatic carbocycles. The first kappa shape index (κ1) is 13.3. The molecule has 19 heavy (non-hydrogen) atoms.